The van der Waals surface area contributed by atoms with Crippen LogP contribution in [-0.4, -0.2) is 54.3 Å². The molecule has 0 aliphatic carbocycles. The third-order valence-electron chi connectivity index (χ3n) is 4.97. The highest BCUT2D eigenvalue weighted by atomic mass is 32.1. The first-order valence-corrected chi connectivity index (χ1v) is 10.3. The summed E-state index contributed by atoms with van der Waals surface area (Å²) in [6, 6.07) is 7.36. The fourth-order valence-electron chi connectivity index (χ4n) is 3.20. The molecule has 2 aromatic rings. The van der Waals surface area contributed by atoms with Crippen molar-refractivity contribution in [3.8, 4) is 0 Å². The third kappa shape index (κ3) is 5.63. The number of benzene rings is 1. The smallest absolute Gasteiger partial charge is 0.309 e. The van der Waals surface area contributed by atoms with Crippen LogP contribution in [0.25, 0.3) is 0 Å². The van der Waals surface area contributed by atoms with Gasteiger partial charge in [-0.2, -0.15) is 11.3 Å². The van der Waals surface area contributed by atoms with E-state index in [9.17, 15) is 18.8 Å². The Morgan fingerprint density at radius 1 is 1.17 bits per heavy atom. The predicted molar refractivity (Wildman–Crippen MR) is 107 cm³/mol. The van der Waals surface area contributed by atoms with Crippen LogP contribution in [0.1, 0.15) is 28.8 Å². The second kappa shape index (κ2) is 9.65. The van der Waals surface area contributed by atoms with Gasteiger partial charge in [-0.25, -0.2) is 4.39 Å². The number of hydrogen-bond acceptors (Lipinski definition) is 5. The Balaban J connectivity index is 1.42. The number of nitrogens with zero attached hydrogens (tertiary/aromatic N) is 2. The highest BCUT2D eigenvalue weighted by Crippen LogP contribution is 2.20. The second-order valence-corrected chi connectivity index (χ2v) is 7.84. The van der Waals surface area contributed by atoms with Gasteiger partial charge in [-0.1, -0.05) is 0 Å². The number of hydrogen-bond donors (Lipinski definition) is 0. The normalized spacial score (nSPS) is 14.5. The lowest BCUT2D eigenvalue weighted by molar-refractivity contribution is -0.156. The number of carbonyl (C=O) groups excluding carboxylic acids is 3. The lowest BCUT2D eigenvalue weighted by Gasteiger charge is -2.31. The van der Waals surface area contributed by atoms with Crippen LogP contribution >= 0.6 is 11.3 Å². The number of piperidine rings is 1. The van der Waals surface area contributed by atoms with Crippen molar-refractivity contribution in [2.24, 2.45) is 5.92 Å². The van der Waals surface area contributed by atoms with Crippen molar-refractivity contribution in [1.29, 1.82) is 0 Å². The molecule has 6 nitrogen and oxygen atoms in total. The summed E-state index contributed by atoms with van der Waals surface area (Å²) < 4.78 is 18.2. The number of likely N-dealkylation sites (N-methyl/N-ethyl adjacent to an activating group) is 1. The summed E-state index contributed by atoms with van der Waals surface area (Å²) in [5.41, 5.74) is 1.46. The van der Waals surface area contributed by atoms with Crippen LogP contribution in [0.15, 0.2) is 41.1 Å². The highest BCUT2D eigenvalue weighted by molar-refractivity contribution is 7.07. The summed E-state index contributed by atoms with van der Waals surface area (Å²) in [6.07, 6.45) is 0.954. The van der Waals surface area contributed by atoms with Gasteiger partial charge in [-0.15, -0.1) is 0 Å². The highest BCUT2D eigenvalue weighted by Gasteiger charge is 2.29. The van der Waals surface area contributed by atoms with Crippen LogP contribution in [0.3, 0.4) is 0 Å². The fourth-order valence-corrected chi connectivity index (χ4v) is 3.86. The maximum Gasteiger partial charge on any atom is 0.309 e. The van der Waals surface area contributed by atoms with Crippen LogP contribution in [0.4, 0.5) is 4.39 Å². The van der Waals surface area contributed by atoms with E-state index in [-0.39, 0.29) is 24.3 Å². The summed E-state index contributed by atoms with van der Waals surface area (Å²) >= 11 is 1.56. The number of thiophene rings is 1. The molecule has 0 unspecified atom stereocenters. The van der Waals surface area contributed by atoms with E-state index >= 15 is 0 Å². The van der Waals surface area contributed by atoms with Crippen molar-refractivity contribution in [2.45, 2.75) is 19.4 Å². The molecule has 0 bridgehead atoms. The summed E-state index contributed by atoms with van der Waals surface area (Å²) in [6.45, 7) is 1.03. The molecule has 0 spiro atoms. The Labute approximate surface area is 172 Å². The van der Waals surface area contributed by atoms with E-state index < -0.39 is 11.8 Å². The minimum Gasteiger partial charge on any atom is -0.455 e. The van der Waals surface area contributed by atoms with E-state index in [1.165, 1.54) is 29.2 Å². The van der Waals surface area contributed by atoms with E-state index in [0.717, 1.165) is 5.56 Å². The zero-order valence-electron chi connectivity index (χ0n) is 16.2. The first kappa shape index (κ1) is 21.0. The Bertz CT molecular complexity index is 846. The number of rotatable bonds is 6. The van der Waals surface area contributed by atoms with E-state index in [1.807, 2.05) is 16.8 Å². The molecule has 1 aromatic carbocycles. The summed E-state index contributed by atoms with van der Waals surface area (Å²) in [4.78, 5) is 40.1. The van der Waals surface area contributed by atoms with Gasteiger partial charge in [0.2, 0.25) is 0 Å². The molecule has 0 radical (unpaired) electrons. The lowest BCUT2D eigenvalue weighted by Crippen LogP contribution is -2.41. The van der Waals surface area contributed by atoms with Gasteiger partial charge in [-0.3, -0.25) is 14.4 Å². The van der Waals surface area contributed by atoms with Gasteiger partial charge in [0.15, 0.2) is 6.61 Å². The Morgan fingerprint density at radius 2 is 1.86 bits per heavy atom. The minimum atomic E-state index is -0.406. The van der Waals surface area contributed by atoms with Crippen molar-refractivity contribution < 1.29 is 23.5 Å². The second-order valence-electron chi connectivity index (χ2n) is 7.06. The largest absolute Gasteiger partial charge is 0.455 e. The lowest BCUT2D eigenvalue weighted by atomic mass is 9.96. The standard InChI is InChI=1S/C21H23FN2O4S/c1-23(12-15-8-11-29-14-15)19(25)13-28-21(27)17-6-9-24(10-7-17)20(26)16-2-4-18(22)5-3-16/h2-5,8,11,14,17H,6-7,9-10,12-13H2,1H3. The predicted octanol–water partition coefficient (Wildman–Crippen LogP) is 2.94. The van der Waals surface area contributed by atoms with Crippen molar-refractivity contribution in [3.63, 3.8) is 0 Å². The topological polar surface area (TPSA) is 66.9 Å². The number of likely N-dealkylation sites (tertiary alicyclic amines) is 1. The van der Waals surface area contributed by atoms with Gasteiger partial charge in [0.05, 0.1) is 5.92 Å². The van der Waals surface area contributed by atoms with Gasteiger partial charge in [0, 0.05) is 32.2 Å². The van der Waals surface area contributed by atoms with Crippen molar-refractivity contribution in [1.82, 2.24) is 9.80 Å². The molecule has 1 aromatic heterocycles. The first-order valence-electron chi connectivity index (χ1n) is 9.40. The molecule has 29 heavy (non-hydrogen) atoms. The molecule has 0 N–H and O–H groups in total. The summed E-state index contributed by atoms with van der Waals surface area (Å²) in [5, 5.41) is 3.91. The van der Waals surface area contributed by atoms with Crippen molar-refractivity contribution in [2.75, 3.05) is 26.7 Å². The molecule has 0 atom stereocenters. The Morgan fingerprint density at radius 3 is 2.48 bits per heavy atom. The number of carbonyl (C=O) groups is 3. The van der Waals surface area contributed by atoms with Gasteiger partial charge in [0.25, 0.3) is 11.8 Å². The quantitative estimate of drug-likeness (QED) is 0.677. The zero-order chi connectivity index (χ0) is 20.8. The van der Waals surface area contributed by atoms with E-state index in [0.29, 0.717) is 38.0 Å². The molecule has 0 saturated carbocycles. The summed E-state index contributed by atoms with van der Waals surface area (Å²) in [7, 11) is 1.67. The van der Waals surface area contributed by atoms with Crippen molar-refractivity contribution >= 4 is 29.1 Å². The molecular weight excluding hydrogens is 395 g/mol. The monoisotopic (exact) mass is 418 g/mol. The molecule has 2 amide bonds. The fraction of sp³-hybridized carbons (Fsp3) is 0.381. The Hall–Kier alpha value is -2.74. The van der Waals surface area contributed by atoms with Crippen LogP contribution in [-0.2, 0) is 20.9 Å². The van der Waals surface area contributed by atoms with E-state index in [4.69, 9.17) is 4.74 Å². The third-order valence-corrected chi connectivity index (χ3v) is 5.70. The molecule has 154 valence electrons. The van der Waals surface area contributed by atoms with Crippen LogP contribution in [0.2, 0.25) is 0 Å². The maximum absolute atomic E-state index is 13.0. The van der Waals surface area contributed by atoms with Gasteiger partial charge in [-0.05, 0) is 59.5 Å². The number of amides is 2. The van der Waals surface area contributed by atoms with Gasteiger partial charge >= 0.3 is 5.97 Å². The minimum absolute atomic E-state index is 0.179. The van der Waals surface area contributed by atoms with Crippen LogP contribution in [0.5, 0.6) is 0 Å². The molecular formula is C21H23FN2O4S. The number of ether oxygens (including phenoxy) is 1. The van der Waals surface area contributed by atoms with Crippen molar-refractivity contribution in [3.05, 3.63) is 58.0 Å². The number of halogens is 1. The first-order chi connectivity index (χ1) is 13.9. The van der Waals surface area contributed by atoms with Crippen LogP contribution < -0.4 is 0 Å². The van der Waals surface area contributed by atoms with Crippen LogP contribution in [0, 0.1) is 11.7 Å². The molecule has 8 heteroatoms. The molecule has 2 heterocycles. The van der Waals surface area contributed by atoms with E-state index in [2.05, 4.69) is 0 Å². The molecule has 1 aliphatic heterocycles. The molecule has 1 saturated heterocycles. The Kier molecular flexibility index (Phi) is 6.98. The van der Waals surface area contributed by atoms with Gasteiger partial charge < -0.3 is 14.5 Å². The zero-order valence-corrected chi connectivity index (χ0v) is 17.0. The SMILES string of the molecule is CN(Cc1ccsc1)C(=O)COC(=O)C1CCN(C(=O)c2ccc(F)cc2)CC1. The van der Waals surface area contributed by atoms with Gasteiger partial charge in [0.1, 0.15) is 5.82 Å². The average molecular weight is 418 g/mol. The van der Waals surface area contributed by atoms with E-state index in [1.54, 1.807) is 23.3 Å². The molecule has 3 rings (SSSR count). The molecule has 1 aliphatic rings. The molecule has 1 fully saturated rings. The maximum atomic E-state index is 13.0. The average Bonchev–Trinajstić information content (AvgIpc) is 3.25. The summed E-state index contributed by atoms with van der Waals surface area (Å²) in [5.74, 6) is -1.56. The number of esters is 1.